The molecule has 0 aromatic carbocycles. The minimum Gasteiger partial charge on any atom is -0.361 e. The van der Waals surface area contributed by atoms with Crippen molar-refractivity contribution in [3.63, 3.8) is 0 Å². The zero-order chi connectivity index (χ0) is 15.7. The number of aromatic nitrogens is 3. The Balaban J connectivity index is 1.54. The van der Waals surface area contributed by atoms with Crippen molar-refractivity contribution >= 4 is 5.69 Å². The van der Waals surface area contributed by atoms with Crippen molar-refractivity contribution in [2.24, 2.45) is 5.92 Å². The maximum atomic E-state index is 5.67. The van der Waals surface area contributed by atoms with E-state index < -0.39 is 0 Å². The van der Waals surface area contributed by atoms with Crippen LogP contribution in [0.3, 0.4) is 0 Å². The molecule has 3 rings (SSSR count). The van der Waals surface area contributed by atoms with Gasteiger partial charge in [-0.1, -0.05) is 25.4 Å². The number of rotatable bonds is 7. The van der Waals surface area contributed by atoms with Crippen LogP contribution in [-0.2, 0) is 11.3 Å². The molecule has 1 aliphatic heterocycles. The molecule has 0 radical (unpaired) electrons. The molecule has 0 aliphatic carbocycles. The second-order valence-corrected chi connectivity index (χ2v) is 6.22. The Bertz CT molecular complexity index is 614. The highest BCUT2D eigenvalue weighted by Gasteiger charge is 2.39. The summed E-state index contributed by atoms with van der Waals surface area (Å²) in [6.07, 6.45) is 6.60. The molecule has 0 spiro atoms. The number of anilines is 1. The molecule has 1 aliphatic rings. The molecule has 3 heterocycles. The summed E-state index contributed by atoms with van der Waals surface area (Å²) in [5.74, 6) is 1.56. The van der Waals surface area contributed by atoms with Gasteiger partial charge in [0.1, 0.15) is 11.9 Å². The van der Waals surface area contributed by atoms with E-state index in [1.54, 1.807) is 0 Å². The summed E-state index contributed by atoms with van der Waals surface area (Å²) in [6.45, 7) is 9.03. The fraction of sp³-hybridized carbons (Fsp3) is 0.625. The van der Waals surface area contributed by atoms with Gasteiger partial charge in [-0.05, 0) is 26.2 Å². The first kappa shape index (κ1) is 15.1. The van der Waals surface area contributed by atoms with Gasteiger partial charge in [0.2, 0.25) is 0 Å². The Morgan fingerprint density at radius 1 is 1.41 bits per heavy atom. The van der Waals surface area contributed by atoms with Crippen LogP contribution in [0.5, 0.6) is 0 Å². The van der Waals surface area contributed by atoms with Crippen molar-refractivity contribution in [2.75, 3.05) is 5.32 Å². The highest BCUT2D eigenvalue weighted by molar-refractivity contribution is 5.40. The molecule has 6 heteroatoms. The van der Waals surface area contributed by atoms with Crippen molar-refractivity contribution < 1.29 is 9.26 Å². The molecule has 1 saturated heterocycles. The maximum absolute atomic E-state index is 5.67. The summed E-state index contributed by atoms with van der Waals surface area (Å²) in [6, 6.07) is 0. The summed E-state index contributed by atoms with van der Waals surface area (Å²) in [5.41, 5.74) is 3.00. The van der Waals surface area contributed by atoms with E-state index in [9.17, 15) is 0 Å². The monoisotopic (exact) mass is 304 g/mol. The molecule has 1 fully saturated rings. The van der Waals surface area contributed by atoms with E-state index in [2.05, 4.69) is 29.4 Å². The fourth-order valence-corrected chi connectivity index (χ4v) is 2.59. The van der Waals surface area contributed by atoms with Crippen LogP contribution in [0.25, 0.3) is 0 Å². The molecule has 3 unspecified atom stereocenters. The van der Waals surface area contributed by atoms with E-state index in [4.69, 9.17) is 9.26 Å². The smallest absolute Gasteiger partial charge is 0.154 e. The maximum Gasteiger partial charge on any atom is 0.154 e. The van der Waals surface area contributed by atoms with Crippen LogP contribution in [-0.4, -0.2) is 27.3 Å². The van der Waals surface area contributed by atoms with Crippen LogP contribution in [0.1, 0.15) is 43.7 Å². The van der Waals surface area contributed by atoms with Crippen LogP contribution in [0.2, 0.25) is 0 Å². The summed E-state index contributed by atoms with van der Waals surface area (Å²) in [7, 11) is 0. The number of epoxide rings is 1. The van der Waals surface area contributed by atoms with Crippen molar-refractivity contribution in [3.8, 4) is 0 Å². The lowest BCUT2D eigenvalue weighted by Gasteiger charge is -2.04. The number of hydrogen-bond acceptors (Lipinski definition) is 5. The minimum atomic E-state index is 0.130. The van der Waals surface area contributed by atoms with Gasteiger partial charge in [-0.25, -0.2) is 0 Å². The SMILES string of the molecule is CCC(C)CC1OC1Nc1cnn(Cc2c(C)noc2C)c1. The van der Waals surface area contributed by atoms with Gasteiger partial charge < -0.3 is 14.6 Å². The lowest BCUT2D eigenvalue weighted by Crippen LogP contribution is -2.09. The minimum absolute atomic E-state index is 0.130. The predicted octanol–water partition coefficient (Wildman–Crippen LogP) is 3.11. The highest BCUT2D eigenvalue weighted by atomic mass is 16.6. The van der Waals surface area contributed by atoms with Gasteiger partial charge in [-0.3, -0.25) is 4.68 Å². The largest absolute Gasteiger partial charge is 0.361 e. The molecule has 6 nitrogen and oxygen atoms in total. The summed E-state index contributed by atoms with van der Waals surface area (Å²) < 4.78 is 12.7. The fourth-order valence-electron chi connectivity index (χ4n) is 2.59. The summed E-state index contributed by atoms with van der Waals surface area (Å²) in [5, 5.41) is 11.7. The normalized spacial score (nSPS) is 21.8. The van der Waals surface area contributed by atoms with Crippen molar-refractivity contribution in [1.29, 1.82) is 0 Å². The van der Waals surface area contributed by atoms with Gasteiger partial charge in [0.25, 0.3) is 0 Å². The number of nitrogens with one attached hydrogen (secondary N) is 1. The molecule has 1 N–H and O–H groups in total. The topological polar surface area (TPSA) is 68.4 Å². The summed E-state index contributed by atoms with van der Waals surface area (Å²) >= 11 is 0. The Morgan fingerprint density at radius 3 is 2.91 bits per heavy atom. The van der Waals surface area contributed by atoms with Crippen molar-refractivity contribution in [2.45, 2.75) is 59.4 Å². The first-order valence-corrected chi connectivity index (χ1v) is 7.93. The first-order chi connectivity index (χ1) is 10.6. The van der Waals surface area contributed by atoms with Crippen LogP contribution in [0.15, 0.2) is 16.9 Å². The van der Waals surface area contributed by atoms with Gasteiger partial charge in [-0.2, -0.15) is 5.10 Å². The third-order valence-corrected chi connectivity index (χ3v) is 4.36. The van der Waals surface area contributed by atoms with E-state index in [0.29, 0.717) is 18.6 Å². The molecule has 3 atom stereocenters. The van der Waals surface area contributed by atoms with Crippen molar-refractivity contribution in [3.05, 3.63) is 29.4 Å². The quantitative estimate of drug-likeness (QED) is 0.796. The van der Waals surface area contributed by atoms with Gasteiger partial charge in [-0.15, -0.1) is 0 Å². The molecule has 120 valence electrons. The van der Waals surface area contributed by atoms with Crippen molar-refractivity contribution in [1.82, 2.24) is 14.9 Å². The second-order valence-electron chi connectivity index (χ2n) is 6.22. The lowest BCUT2D eigenvalue weighted by atomic mass is 10.0. The third-order valence-electron chi connectivity index (χ3n) is 4.36. The third kappa shape index (κ3) is 3.32. The first-order valence-electron chi connectivity index (χ1n) is 7.93. The Hall–Kier alpha value is -1.82. The van der Waals surface area contributed by atoms with Crippen LogP contribution in [0, 0.1) is 19.8 Å². The van der Waals surface area contributed by atoms with E-state index in [1.165, 1.54) is 6.42 Å². The number of aryl methyl sites for hydroxylation is 2. The Labute approximate surface area is 130 Å². The Kier molecular flexibility index (Phi) is 4.20. The number of nitrogens with zero attached hydrogens (tertiary/aromatic N) is 3. The van der Waals surface area contributed by atoms with Crippen LogP contribution >= 0.6 is 0 Å². The van der Waals surface area contributed by atoms with E-state index in [0.717, 1.165) is 29.1 Å². The second kappa shape index (κ2) is 6.12. The molecule has 0 amide bonds. The summed E-state index contributed by atoms with van der Waals surface area (Å²) in [4.78, 5) is 0. The molecular weight excluding hydrogens is 280 g/mol. The number of ether oxygens (including phenoxy) is 1. The van der Waals surface area contributed by atoms with Crippen LogP contribution < -0.4 is 5.32 Å². The van der Waals surface area contributed by atoms with Gasteiger partial charge in [0.05, 0.1) is 24.1 Å². The zero-order valence-electron chi connectivity index (χ0n) is 13.7. The highest BCUT2D eigenvalue weighted by Crippen LogP contribution is 2.30. The average molecular weight is 304 g/mol. The van der Waals surface area contributed by atoms with Gasteiger partial charge >= 0.3 is 0 Å². The predicted molar refractivity (Wildman–Crippen MR) is 83.7 cm³/mol. The van der Waals surface area contributed by atoms with E-state index >= 15 is 0 Å². The molecular formula is C16H24N4O2. The van der Waals surface area contributed by atoms with E-state index in [1.807, 2.05) is 30.9 Å². The van der Waals surface area contributed by atoms with E-state index in [-0.39, 0.29) is 6.23 Å². The molecule has 2 aromatic rings. The standard InChI is InChI=1S/C16H24N4O2/c1-5-10(2)6-15-16(21-15)18-13-7-17-20(8-13)9-14-11(3)19-22-12(14)4/h7-8,10,15-16,18H,5-6,9H2,1-4H3. The molecule has 0 saturated carbocycles. The average Bonchev–Trinajstić information content (AvgIpc) is 2.91. The zero-order valence-corrected chi connectivity index (χ0v) is 13.7. The van der Waals surface area contributed by atoms with Gasteiger partial charge in [0, 0.05) is 11.8 Å². The Morgan fingerprint density at radius 2 is 2.23 bits per heavy atom. The molecule has 22 heavy (non-hydrogen) atoms. The lowest BCUT2D eigenvalue weighted by molar-refractivity contribution is 0.345. The number of hydrogen-bond donors (Lipinski definition) is 1. The van der Waals surface area contributed by atoms with Crippen LogP contribution in [0.4, 0.5) is 5.69 Å². The molecule has 0 bridgehead atoms. The molecule has 2 aromatic heterocycles. The van der Waals surface area contributed by atoms with Gasteiger partial charge in [0.15, 0.2) is 6.23 Å².